The van der Waals surface area contributed by atoms with Gasteiger partial charge in [-0.25, -0.2) is 0 Å². The number of carbonyl (C=O) groups is 1. The van der Waals surface area contributed by atoms with Gasteiger partial charge >= 0.3 is 6.18 Å². The molecule has 0 fully saturated rings. The number of alkyl halides is 3. The Morgan fingerprint density at radius 3 is 2.41 bits per heavy atom. The summed E-state index contributed by atoms with van der Waals surface area (Å²) in [7, 11) is 0. The Balaban J connectivity index is 3.14. The zero-order valence-electron chi connectivity index (χ0n) is 12.7. The van der Waals surface area contributed by atoms with Gasteiger partial charge in [0.2, 0.25) is 0 Å². The summed E-state index contributed by atoms with van der Waals surface area (Å²) in [5.74, 6) is -0.634. The zero-order valence-corrected chi connectivity index (χ0v) is 12.7. The molecule has 0 heterocycles. The fourth-order valence-electron chi connectivity index (χ4n) is 1.93. The monoisotopic (exact) mass is 313 g/mol. The summed E-state index contributed by atoms with van der Waals surface area (Å²) in [6.07, 6.45) is -3.65. The van der Waals surface area contributed by atoms with Gasteiger partial charge in [-0.1, -0.05) is 38.0 Å². The van der Waals surface area contributed by atoms with E-state index in [9.17, 15) is 18.0 Å². The van der Waals surface area contributed by atoms with Crippen molar-refractivity contribution in [1.82, 2.24) is 0 Å². The molecule has 0 unspecified atom stereocenters. The lowest BCUT2D eigenvalue weighted by Crippen LogP contribution is -2.14. The molecule has 22 heavy (non-hydrogen) atoms. The third-order valence-corrected chi connectivity index (χ3v) is 3.16. The molecular formula is C15H18F3N3O. The lowest BCUT2D eigenvalue weighted by molar-refractivity contribution is -0.138. The second-order valence-electron chi connectivity index (χ2n) is 6.24. The Hall–Kier alpha value is -2.01. The number of halogens is 3. The van der Waals surface area contributed by atoms with Crippen molar-refractivity contribution in [1.29, 1.82) is 0 Å². The smallest absolute Gasteiger partial charge is 0.294 e. The summed E-state index contributed by atoms with van der Waals surface area (Å²) in [6.45, 7) is 5.38. The van der Waals surface area contributed by atoms with Gasteiger partial charge in [-0.15, -0.1) is 0 Å². The van der Waals surface area contributed by atoms with Crippen molar-refractivity contribution < 1.29 is 18.0 Å². The molecule has 0 aliphatic heterocycles. The van der Waals surface area contributed by atoms with Gasteiger partial charge in [-0.3, -0.25) is 4.79 Å². The normalized spacial score (nSPS) is 11.9. The van der Waals surface area contributed by atoms with E-state index in [-0.39, 0.29) is 23.0 Å². The number of hydrogen-bond donors (Lipinski definition) is 0. The molecule has 0 aromatic heterocycles. The molecule has 7 heteroatoms. The second-order valence-corrected chi connectivity index (χ2v) is 6.24. The topological polar surface area (TPSA) is 65.8 Å². The molecule has 1 aromatic rings. The molecule has 0 amide bonds. The lowest BCUT2D eigenvalue weighted by atomic mass is 9.87. The van der Waals surface area contributed by atoms with E-state index in [0.29, 0.717) is 6.42 Å². The van der Waals surface area contributed by atoms with Crippen LogP contribution in [0.15, 0.2) is 23.3 Å². The van der Waals surface area contributed by atoms with Crippen LogP contribution in [0.1, 0.15) is 48.7 Å². The highest BCUT2D eigenvalue weighted by Crippen LogP contribution is 2.34. The molecule has 0 aliphatic rings. The van der Waals surface area contributed by atoms with Gasteiger partial charge in [0.1, 0.15) is 0 Å². The Bertz CT molecular complexity index is 597. The van der Waals surface area contributed by atoms with Crippen molar-refractivity contribution in [2.75, 3.05) is 6.54 Å². The van der Waals surface area contributed by atoms with Gasteiger partial charge in [0, 0.05) is 10.5 Å². The predicted molar refractivity (Wildman–Crippen MR) is 77.6 cm³/mol. The molecule has 0 radical (unpaired) electrons. The van der Waals surface area contributed by atoms with Crippen LogP contribution in [0.5, 0.6) is 0 Å². The average Bonchev–Trinajstić information content (AvgIpc) is 2.40. The molecule has 0 N–H and O–H groups in total. The molecule has 0 aliphatic carbocycles. The van der Waals surface area contributed by atoms with E-state index in [1.165, 1.54) is 12.1 Å². The van der Waals surface area contributed by atoms with E-state index in [4.69, 9.17) is 5.53 Å². The first kappa shape index (κ1) is 18.0. The van der Waals surface area contributed by atoms with Crippen LogP contribution in [0.4, 0.5) is 13.2 Å². The molecule has 1 aromatic carbocycles. The third kappa shape index (κ3) is 5.41. The van der Waals surface area contributed by atoms with Crippen molar-refractivity contribution in [3.8, 4) is 0 Å². The molecule has 1 rings (SSSR count). The molecular weight excluding hydrogens is 295 g/mol. The van der Waals surface area contributed by atoms with Crippen LogP contribution in [-0.4, -0.2) is 12.3 Å². The fraction of sp³-hybridized carbons (Fsp3) is 0.533. The largest absolute Gasteiger partial charge is 0.416 e. The van der Waals surface area contributed by atoms with Crippen LogP contribution < -0.4 is 0 Å². The van der Waals surface area contributed by atoms with Gasteiger partial charge in [0.05, 0.1) is 12.1 Å². The van der Waals surface area contributed by atoms with Gasteiger partial charge in [-0.2, -0.15) is 13.2 Å². The van der Waals surface area contributed by atoms with E-state index >= 15 is 0 Å². The summed E-state index contributed by atoms with van der Waals surface area (Å²) >= 11 is 0. The Kier molecular flexibility index (Phi) is 5.60. The Labute approximate surface area is 127 Å². The van der Waals surface area contributed by atoms with Gasteiger partial charge < -0.3 is 0 Å². The number of nitrogens with zero attached hydrogens (tertiary/aromatic N) is 3. The molecule has 0 bridgehead atoms. The summed E-state index contributed by atoms with van der Waals surface area (Å²) in [6, 6.07) is 3.52. The van der Waals surface area contributed by atoms with Crippen LogP contribution >= 0.6 is 0 Å². The molecule has 0 spiro atoms. The van der Waals surface area contributed by atoms with Crippen molar-refractivity contribution in [2.45, 2.75) is 39.8 Å². The number of carbonyl (C=O) groups excluding carboxylic acids is 1. The molecule has 0 saturated carbocycles. The molecule has 120 valence electrons. The van der Waals surface area contributed by atoms with Gasteiger partial charge in [0.25, 0.3) is 0 Å². The van der Waals surface area contributed by atoms with E-state index in [1.807, 2.05) is 20.8 Å². The van der Waals surface area contributed by atoms with Crippen molar-refractivity contribution >= 4 is 5.78 Å². The van der Waals surface area contributed by atoms with Gasteiger partial charge in [-0.05, 0) is 35.4 Å². The van der Waals surface area contributed by atoms with Gasteiger partial charge in [0.15, 0.2) is 5.78 Å². The minimum atomic E-state index is -4.53. The summed E-state index contributed by atoms with van der Waals surface area (Å²) in [4.78, 5) is 14.1. The Morgan fingerprint density at radius 1 is 1.27 bits per heavy atom. The molecule has 0 saturated heterocycles. The molecule has 4 nitrogen and oxygen atoms in total. The van der Waals surface area contributed by atoms with E-state index in [0.717, 1.165) is 6.07 Å². The first-order valence-electron chi connectivity index (χ1n) is 6.79. The number of rotatable bonds is 5. The predicted octanol–water partition coefficient (Wildman–Crippen LogP) is 5.18. The Morgan fingerprint density at radius 2 is 1.91 bits per heavy atom. The number of hydrogen-bond acceptors (Lipinski definition) is 2. The maximum atomic E-state index is 13.2. The first-order chi connectivity index (χ1) is 10.0. The standard InChI is InChI=1S/C15H18F3N3O/c1-14(2,3)7-6-10-4-5-11(13(22)9-20-21-19)8-12(10)15(16,17)18/h4-5,8H,6-7,9H2,1-3H3. The van der Waals surface area contributed by atoms with Crippen LogP contribution in [0.25, 0.3) is 10.4 Å². The molecule has 0 atom stereocenters. The van der Waals surface area contributed by atoms with Crippen molar-refractivity contribution in [2.24, 2.45) is 10.5 Å². The minimum Gasteiger partial charge on any atom is -0.294 e. The highest BCUT2D eigenvalue weighted by Gasteiger charge is 2.34. The van der Waals surface area contributed by atoms with Crippen molar-refractivity contribution in [3.63, 3.8) is 0 Å². The quantitative estimate of drug-likeness (QED) is 0.320. The first-order valence-corrected chi connectivity index (χ1v) is 6.79. The SMILES string of the molecule is CC(C)(C)CCc1ccc(C(=O)CN=[N+]=[N-])cc1C(F)(F)F. The van der Waals surface area contributed by atoms with Crippen LogP contribution in [0, 0.1) is 5.41 Å². The second kappa shape index (κ2) is 6.83. The highest BCUT2D eigenvalue weighted by atomic mass is 19.4. The van der Waals surface area contributed by atoms with E-state index in [2.05, 4.69) is 10.0 Å². The number of Topliss-reactive ketones (excluding diaryl/α,β-unsaturated/α-hetero) is 1. The lowest BCUT2D eigenvalue weighted by Gasteiger charge is -2.20. The fourth-order valence-corrected chi connectivity index (χ4v) is 1.93. The summed E-state index contributed by atoms with van der Waals surface area (Å²) in [5.41, 5.74) is 7.35. The maximum absolute atomic E-state index is 13.2. The number of benzene rings is 1. The number of aryl methyl sites for hydroxylation is 1. The maximum Gasteiger partial charge on any atom is 0.416 e. The van der Waals surface area contributed by atoms with E-state index in [1.54, 1.807) is 0 Å². The minimum absolute atomic E-state index is 0.0845. The van der Waals surface area contributed by atoms with Crippen LogP contribution in [0.3, 0.4) is 0 Å². The number of azide groups is 1. The number of ketones is 1. The average molecular weight is 313 g/mol. The van der Waals surface area contributed by atoms with Crippen molar-refractivity contribution in [3.05, 3.63) is 45.3 Å². The highest BCUT2D eigenvalue weighted by molar-refractivity contribution is 5.98. The zero-order chi connectivity index (χ0) is 17.0. The van der Waals surface area contributed by atoms with E-state index < -0.39 is 24.1 Å². The van der Waals surface area contributed by atoms with Crippen LogP contribution in [-0.2, 0) is 12.6 Å². The van der Waals surface area contributed by atoms with Crippen LogP contribution in [0.2, 0.25) is 0 Å². The third-order valence-electron chi connectivity index (χ3n) is 3.16. The summed E-state index contributed by atoms with van der Waals surface area (Å²) < 4.78 is 39.5. The summed E-state index contributed by atoms with van der Waals surface area (Å²) in [5, 5.41) is 3.08.